The maximum absolute atomic E-state index is 12.6. The predicted octanol–water partition coefficient (Wildman–Crippen LogP) is 5.73. The standard InChI is InChI=1S/C25H26N4O2S2/c1-17-8-3-4-9-19(17)26-22(30)15-31-24-23-18(20-10-7-13-32-20)16-33-25(23)28-21(27-24)14-29-11-5-2-6-12-29/h3-4,7-10,13,16H,2,5-6,11-12,14-15H2,1H3,(H,26,30). The van der Waals surface area contributed by atoms with Gasteiger partial charge in [-0.1, -0.05) is 30.7 Å². The van der Waals surface area contributed by atoms with Crippen molar-refractivity contribution in [1.82, 2.24) is 14.9 Å². The summed E-state index contributed by atoms with van der Waals surface area (Å²) in [5.41, 5.74) is 2.86. The van der Waals surface area contributed by atoms with Crippen LogP contribution < -0.4 is 10.1 Å². The Kier molecular flexibility index (Phi) is 6.66. The highest BCUT2D eigenvalue weighted by molar-refractivity contribution is 7.18. The van der Waals surface area contributed by atoms with E-state index in [1.54, 1.807) is 22.7 Å². The normalized spacial score (nSPS) is 14.5. The Morgan fingerprint density at radius 2 is 1.94 bits per heavy atom. The molecule has 170 valence electrons. The molecule has 0 spiro atoms. The molecular weight excluding hydrogens is 452 g/mol. The van der Waals surface area contributed by atoms with Crippen molar-refractivity contribution in [2.45, 2.75) is 32.7 Å². The van der Waals surface area contributed by atoms with Crippen LogP contribution in [0.4, 0.5) is 5.69 Å². The maximum atomic E-state index is 12.6. The first-order chi connectivity index (χ1) is 16.2. The van der Waals surface area contributed by atoms with Crippen LogP contribution in [0.1, 0.15) is 30.7 Å². The lowest BCUT2D eigenvalue weighted by Crippen LogP contribution is -2.30. The number of thiophene rings is 2. The van der Waals surface area contributed by atoms with Crippen molar-refractivity contribution in [2.75, 3.05) is 25.0 Å². The van der Waals surface area contributed by atoms with E-state index < -0.39 is 0 Å². The van der Waals surface area contributed by atoms with Gasteiger partial charge in [0.15, 0.2) is 6.61 Å². The number of nitrogens with zero attached hydrogens (tertiary/aromatic N) is 3. The van der Waals surface area contributed by atoms with E-state index in [-0.39, 0.29) is 12.5 Å². The number of ether oxygens (including phenoxy) is 1. The lowest BCUT2D eigenvalue weighted by Gasteiger charge is -2.25. The molecule has 1 aliphatic rings. The fourth-order valence-electron chi connectivity index (χ4n) is 4.09. The van der Waals surface area contributed by atoms with Crippen LogP contribution in [0.3, 0.4) is 0 Å². The van der Waals surface area contributed by atoms with Crippen LogP contribution in [-0.2, 0) is 11.3 Å². The first-order valence-corrected chi connectivity index (χ1v) is 13.0. The molecule has 0 aliphatic carbocycles. The van der Waals surface area contributed by atoms with Gasteiger partial charge < -0.3 is 10.1 Å². The molecule has 0 saturated carbocycles. The zero-order chi connectivity index (χ0) is 22.6. The number of para-hydroxylation sites is 1. The summed E-state index contributed by atoms with van der Waals surface area (Å²) in [4.78, 5) is 26.7. The third-order valence-corrected chi connectivity index (χ3v) is 7.58. The van der Waals surface area contributed by atoms with Gasteiger partial charge in [0.05, 0.1) is 11.9 Å². The topological polar surface area (TPSA) is 67.3 Å². The number of piperidine rings is 1. The minimum absolute atomic E-state index is 0.108. The number of hydrogen-bond acceptors (Lipinski definition) is 7. The molecular formula is C25H26N4O2S2. The van der Waals surface area contributed by atoms with Gasteiger partial charge in [0, 0.05) is 21.5 Å². The maximum Gasteiger partial charge on any atom is 0.262 e. The second kappa shape index (κ2) is 9.99. The monoisotopic (exact) mass is 478 g/mol. The molecule has 5 rings (SSSR count). The van der Waals surface area contributed by atoms with E-state index in [0.717, 1.165) is 50.8 Å². The number of carbonyl (C=O) groups is 1. The fourth-order valence-corrected chi connectivity index (χ4v) is 5.86. The third kappa shape index (κ3) is 5.08. The van der Waals surface area contributed by atoms with E-state index in [0.29, 0.717) is 12.4 Å². The molecule has 0 unspecified atom stereocenters. The van der Waals surface area contributed by atoms with E-state index in [2.05, 4.69) is 27.0 Å². The Hall–Kier alpha value is -2.81. The van der Waals surface area contributed by atoms with Crippen LogP contribution in [0.5, 0.6) is 5.88 Å². The van der Waals surface area contributed by atoms with E-state index in [1.807, 2.05) is 37.3 Å². The number of aryl methyl sites for hydroxylation is 1. The SMILES string of the molecule is Cc1ccccc1NC(=O)COc1nc(CN2CCCCC2)nc2scc(-c3cccs3)c12. The number of nitrogens with one attached hydrogen (secondary N) is 1. The average Bonchev–Trinajstić information content (AvgIpc) is 3.50. The van der Waals surface area contributed by atoms with Crippen molar-refractivity contribution in [3.63, 3.8) is 0 Å². The van der Waals surface area contributed by atoms with Crippen LogP contribution in [0.2, 0.25) is 0 Å². The number of amides is 1. The lowest BCUT2D eigenvalue weighted by atomic mass is 10.1. The summed E-state index contributed by atoms with van der Waals surface area (Å²) in [6.07, 6.45) is 3.72. The minimum atomic E-state index is -0.207. The van der Waals surface area contributed by atoms with Crippen molar-refractivity contribution in [3.05, 3.63) is 58.5 Å². The smallest absolute Gasteiger partial charge is 0.262 e. The van der Waals surface area contributed by atoms with Crippen LogP contribution >= 0.6 is 22.7 Å². The molecule has 1 aliphatic heterocycles. The van der Waals surface area contributed by atoms with Crippen LogP contribution in [0.15, 0.2) is 47.2 Å². The molecule has 1 N–H and O–H groups in total. The largest absolute Gasteiger partial charge is 0.467 e. The number of anilines is 1. The molecule has 0 radical (unpaired) electrons. The summed E-state index contributed by atoms with van der Waals surface area (Å²) in [6.45, 7) is 4.70. The zero-order valence-electron chi connectivity index (χ0n) is 18.5. The number of benzene rings is 1. The Labute approximate surface area is 201 Å². The number of likely N-dealkylation sites (tertiary alicyclic amines) is 1. The van der Waals surface area contributed by atoms with E-state index in [9.17, 15) is 4.79 Å². The van der Waals surface area contributed by atoms with Gasteiger partial charge in [-0.3, -0.25) is 9.69 Å². The molecule has 1 aromatic carbocycles. The molecule has 6 nitrogen and oxygen atoms in total. The molecule has 4 aromatic rings. The lowest BCUT2D eigenvalue weighted by molar-refractivity contribution is -0.118. The molecule has 1 saturated heterocycles. The van der Waals surface area contributed by atoms with Crippen LogP contribution in [-0.4, -0.2) is 40.5 Å². The van der Waals surface area contributed by atoms with Gasteiger partial charge in [0.2, 0.25) is 5.88 Å². The number of rotatable bonds is 7. The Morgan fingerprint density at radius 1 is 1.09 bits per heavy atom. The van der Waals surface area contributed by atoms with Crippen molar-refractivity contribution >= 4 is 44.5 Å². The molecule has 33 heavy (non-hydrogen) atoms. The minimum Gasteiger partial charge on any atom is -0.467 e. The summed E-state index contributed by atoms with van der Waals surface area (Å²) in [5.74, 6) is 1.02. The van der Waals surface area contributed by atoms with Crippen molar-refractivity contribution in [2.24, 2.45) is 0 Å². The van der Waals surface area contributed by atoms with Crippen molar-refractivity contribution in [1.29, 1.82) is 0 Å². The first-order valence-electron chi connectivity index (χ1n) is 11.2. The van der Waals surface area contributed by atoms with Gasteiger partial charge in [-0.05, 0) is 55.9 Å². The Balaban J connectivity index is 1.42. The van der Waals surface area contributed by atoms with Gasteiger partial charge >= 0.3 is 0 Å². The Morgan fingerprint density at radius 3 is 2.73 bits per heavy atom. The van der Waals surface area contributed by atoms with Gasteiger partial charge in [-0.25, -0.2) is 4.98 Å². The number of hydrogen-bond donors (Lipinski definition) is 1. The molecule has 1 fully saturated rings. The number of fused-ring (bicyclic) bond motifs is 1. The fraction of sp³-hybridized carbons (Fsp3) is 0.320. The summed E-state index contributed by atoms with van der Waals surface area (Å²) in [7, 11) is 0. The van der Waals surface area contributed by atoms with Gasteiger partial charge in [-0.2, -0.15) is 4.98 Å². The third-order valence-electron chi connectivity index (χ3n) is 5.81. The van der Waals surface area contributed by atoms with Gasteiger partial charge in [-0.15, -0.1) is 22.7 Å². The molecule has 0 atom stereocenters. The van der Waals surface area contributed by atoms with Crippen molar-refractivity contribution in [3.8, 4) is 16.3 Å². The molecule has 3 aromatic heterocycles. The van der Waals surface area contributed by atoms with Crippen molar-refractivity contribution < 1.29 is 9.53 Å². The summed E-state index contributed by atoms with van der Waals surface area (Å²) in [6, 6.07) is 11.8. The van der Waals surface area contributed by atoms with Crippen LogP contribution in [0.25, 0.3) is 20.7 Å². The average molecular weight is 479 g/mol. The second-order valence-corrected chi connectivity index (χ2v) is 10.0. The summed E-state index contributed by atoms with van der Waals surface area (Å²) in [5, 5.41) is 7.98. The number of aromatic nitrogens is 2. The molecule has 0 bridgehead atoms. The highest BCUT2D eigenvalue weighted by Crippen LogP contribution is 2.40. The van der Waals surface area contributed by atoms with Crippen LogP contribution in [0, 0.1) is 6.92 Å². The molecule has 4 heterocycles. The molecule has 1 amide bonds. The van der Waals surface area contributed by atoms with Gasteiger partial charge in [0.1, 0.15) is 10.7 Å². The quantitative estimate of drug-likeness (QED) is 0.367. The van der Waals surface area contributed by atoms with E-state index >= 15 is 0 Å². The predicted molar refractivity (Wildman–Crippen MR) is 135 cm³/mol. The second-order valence-electron chi connectivity index (χ2n) is 8.24. The number of carbonyl (C=O) groups excluding carboxylic acids is 1. The molecule has 8 heteroatoms. The highest BCUT2D eigenvalue weighted by atomic mass is 32.1. The summed E-state index contributed by atoms with van der Waals surface area (Å²) < 4.78 is 6.05. The Bertz CT molecular complexity index is 1250. The van der Waals surface area contributed by atoms with E-state index in [1.165, 1.54) is 19.3 Å². The zero-order valence-corrected chi connectivity index (χ0v) is 20.2. The van der Waals surface area contributed by atoms with Gasteiger partial charge in [0.25, 0.3) is 5.91 Å². The highest BCUT2D eigenvalue weighted by Gasteiger charge is 2.20. The first kappa shape index (κ1) is 22.0. The summed E-state index contributed by atoms with van der Waals surface area (Å²) >= 11 is 3.27. The van der Waals surface area contributed by atoms with E-state index in [4.69, 9.17) is 14.7 Å².